The first-order valence-electron chi connectivity index (χ1n) is 25.1. The van der Waals surface area contributed by atoms with Gasteiger partial charge in [0.25, 0.3) is 0 Å². The number of esters is 1. The van der Waals surface area contributed by atoms with Crippen LogP contribution in [0.2, 0.25) is 0 Å². The molecule has 10 nitrogen and oxygen atoms in total. The Morgan fingerprint density at radius 2 is 1.38 bits per heavy atom. The number of amides is 2. The normalized spacial score (nSPS) is 32.9. The lowest BCUT2D eigenvalue weighted by atomic mass is 9.33. The minimum atomic E-state index is -1.13. The van der Waals surface area contributed by atoms with Gasteiger partial charge in [-0.3, -0.25) is 9.59 Å². The van der Waals surface area contributed by atoms with Gasteiger partial charge in [0.2, 0.25) is 11.8 Å². The average Bonchev–Trinajstić information content (AvgIpc) is 3.22. The molecule has 5 aliphatic carbocycles. The number of allylic oxidation sites excluding steroid dienone is 2. The Morgan fingerprint density at radius 1 is 0.750 bits per heavy atom. The van der Waals surface area contributed by atoms with Crippen LogP contribution < -0.4 is 10.6 Å². The highest BCUT2D eigenvalue weighted by atomic mass is 16.5. The first-order valence-corrected chi connectivity index (χ1v) is 25.1. The summed E-state index contributed by atoms with van der Waals surface area (Å²) < 4.78 is 6.27. The second kappa shape index (κ2) is 19.3. The number of rotatable bonds is 18. The molecule has 4 N–H and O–H groups in total. The van der Waals surface area contributed by atoms with Gasteiger partial charge in [-0.2, -0.15) is 0 Å². The lowest BCUT2D eigenvalue weighted by molar-refractivity contribution is -0.204. The van der Waals surface area contributed by atoms with E-state index < -0.39 is 23.9 Å². The second-order valence-electron chi connectivity index (χ2n) is 23.4. The second-order valence-corrected chi connectivity index (χ2v) is 23.4. The van der Waals surface area contributed by atoms with Crippen LogP contribution in [0.5, 0.6) is 0 Å². The lowest BCUT2D eigenvalue weighted by Gasteiger charge is -2.71. The van der Waals surface area contributed by atoms with Crippen molar-refractivity contribution in [2.24, 2.45) is 56.2 Å². The summed E-state index contributed by atoms with van der Waals surface area (Å²) >= 11 is 0. The van der Waals surface area contributed by atoms with Crippen LogP contribution in [0.4, 0.5) is 0 Å². The van der Waals surface area contributed by atoms with E-state index >= 15 is 0 Å². The topological polar surface area (TPSA) is 159 Å². The number of nitrogens with one attached hydrogen (secondary N) is 2. The van der Waals surface area contributed by atoms with Gasteiger partial charge in [0.05, 0.1) is 16.5 Å². The number of benzene rings is 1. The van der Waals surface area contributed by atoms with E-state index in [1.54, 1.807) is 37.6 Å². The van der Waals surface area contributed by atoms with Crippen LogP contribution in [0, 0.1) is 56.2 Å². The Kier molecular flexibility index (Phi) is 15.0. The zero-order valence-corrected chi connectivity index (χ0v) is 40.8. The molecule has 356 valence electrons. The number of hydrogen-bond donors (Lipinski definition) is 4. The van der Waals surface area contributed by atoms with Gasteiger partial charge < -0.3 is 25.6 Å². The van der Waals surface area contributed by atoms with Crippen molar-refractivity contribution < 1.29 is 38.9 Å². The van der Waals surface area contributed by atoms with Crippen molar-refractivity contribution in [3.05, 3.63) is 47.0 Å². The molecule has 4 fully saturated rings. The molecule has 0 spiro atoms. The maximum absolute atomic E-state index is 14.6. The average molecular weight is 887 g/mol. The number of carboxylic acid groups (broad SMARTS) is 2. The summed E-state index contributed by atoms with van der Waals surface area (Å²) in [7, 11) is 0. The Balaban J connectivity index is 1.05. The maximum atomic E-state index is 14.6. The fourth-order valence-corrected chi connectivity index (χ4v) is 14.5. The Morgan fingerprint density at radius 3 is 2.02 bits per heavy atom. The third-order valence-electron chi connectivity index (χ3n) is 18.5. The smallest absolute Gasteiger partial charge is 0.339 e. The van der Waals surface area contributed by atoms with Crippen molar-refractivity contribution in [2.75, 3.05) is 6.54 Å². The summed E-state index contributed by atoms with van der Waals surface area (Å²) in [5.41, 5.74) is 1.26. The number of unbranched alkanes of at least 4 members (excludes halogenated alkanes) is 7. The Bertz CT molecular complexity index is 1940. The number of aromatic carboxylic acids is 1. The number of fused-ring (bicyclic) bond motifs is 7. The van der Waals surface area contributed by atoms with Crippen LogP contribution in [0.15, 0.2) is 35.9 Å². The van der Waals surface area contributed by atoms with E-state index in [0.29, 0.717) is 24.8 Å². The zero-order chi connectivity index (χ0) is 46.9. The molecule has 4 saturated carbocycles. The zero-order valence-electron chi connectivity index (χ0n) is 40.8. The third-order valence-corrected chi connectivity index (χ3v) is 18.5. The van der Waals surface area contributed by atoms with Gasteiger partial charge in [-0.15, -0.1) is 0 Å². The van der Waals surface area contributed by atoms with E-state index in [9.17, 15) is 34.2 Å². The maximum Gasteiger partial charge on any atom is 0.339 e. The van der Waals surface area contributed by atoms with E-state index in [2.05, 4.69) is 65.2 Å². The standard InChI is InChI=1S/C54H82N2O8/c1-35(2)44(46(60)61)56-43(57)22-16-14-12-10-11-13-15-19-33-55-48(63)54-31-29-49(3,4)34-39(54)38-23-24-41-51(7)27-26-42(64-47(62)37-21-18-17-20-36(37)45(58)59)50(5,6)40(51)25-28-53(41,9)52(38,8)30-32-54/h17-18,20-21,23,35,39-42,44H,10-16,19,22,24-34H2,1-9H3,(H,55,63)(H,56,57)(H,58,59)(H,60,61)/t39-,40-,41+,42-,44-,51-,52+,53+,54-/m0/s1. The molecule has 0 aromatic heterocycles. The number of carboxylic acids is 2. The molecular formula is C54H82N2O8. The van der Waals surface area contributed by atoms with Gasteiger partial charge in [0.1, 0.15) is 12.1 Å². The van der Waals surface area contributed by atoms with Crippen LogP contribution in [0.1, 0.15) is 205 Å². The quantitative estimate of drug-likeness (QED) is 0.0644. The number of carbonyl (C=O) groups is 5. The molecule has 10 heteroatoms. The largest absolute Gasteiger partial charge is 0.480 e. The first kappa shape index (κ1) is 49.7. The molecule has 0 aliphatic heterocycles. The summed E-state index contributed by atoms with van der Waals surface area (Å²) in [6.07, 6.45) is 20.8. The first-order chi connectivity index (χ1) is 30.0. The molecule has 6 rings (SSSR count). The molecule has 0 saturated heterocycles. The SMILES string of the molecule is CC(C)[C@H](NC(=O)CCCCCCCCCCNC(=O)[C@]12CCC(C)(C)C[C@H]1C1=CC[C@@H]3[C@@]4(C)CC[C@H](OC(=O)c5ccccc5C(=O)O)C(C)(C)[C@@H]4CC[C@@]3(C)[C@]1(C)CC2)C(=O)O. The molecule has 0 heterocycles. The number of carbonyl (C=O) groups excluding carboxylic acids is 3. The highest BCUT2D eigenvalue weighted by Gasteiger charge is 2.69. The van der Waals surface area contributed by atoms with E-state index in [-0.39, 0.29) is 73.4 Å². The van der Waals surface area contributed by atoms with E-state index in [4.69, 9.17) is 4.74 Å². The van der Waals surface area contributed by atoms with Gasteiger partial charge in [-0.05, 0) is 135 Å². The summed E-state index contributed by atoms with van der Waals surface area (Å²) in [5.74, 6) is -1.69. The fraction of sp³-hybridized carbons (Fsp3) is 0.759. The summed E-state index contributed by atoms with van der Waals surface area (Å²) in [6.45, 7) is 21.3. The minimum absolute atomic E-state index is 0.0106. The van der Waals surface area contributed by atoms with Crippen molar-refractivity contribution in [3.63, 3.8) is 0 Å². The molecule has 1 aromatic rings. The van der Waals surface area contributed by atoms with Crippen molar-refractivity contribution in [1.29, 1.82) is 0 Å². The summed E-state index contributed by atoms with van der Waals surface area (Å²) in [6, 6.07) is 5.51. The molecule has 0 bridgehead atoms. The van der Waals surface area contributed by atoms with Gasteiger partial charge in [-0.1, -0.05) is 125 Å². The molecule has 0 unspecified atom stereocenters. The van der Waals surface area contributed by atoms with Crippen LogP contribution in [0.25, 0.3) is 0 Å². The van der Waals surface area contributed by atoms with Crippen molar-refractivity contribution in [2.45, 2.75) is 196 Å². The highest BCUT2D eigenvalue weighted by Crippen LogP contribution is 2.76. The molecule has 2 amide bonds. The molecule has 9 atom stereocenters. The third kappa shape index (κ3) is 9.46. The number of ether oxygens (including phenoxy) is 1. The van der Waals surface area contributed by atoms with Crippen LogP contribution in [-0.4, -0.2) is 58.6 Å². The number of aliphatic carboxylic acids is 1. The molecule has 5 aliphatic rings. The summed E-state index contributed by atoms with van der Waals surface area (Å²) in [4.78, 5) is 63.7. The predicted octanol–water partition coefficient (Wildman–Crippen LogP) is 11.6. The van der Waals surface area contributed by atoms with Crippen molar-refractivity contribution in [3.8, 4) is 0 Å². The monoisotopic (exact) mass is 887 g/mol. The van der Waals surface area contributed by atoms with Crippen LogP contribution in [0.3, 0.4) is 0 Å². The Labute approximate surface area is 384 Å². The van der Waals surface area contributed by atoms with Gasteiger partial charge >= 0.3 is 17.9 Å². The molecular weight excluding hydrogens is 805 g/mol. The van der Waals surface area contributed by atoms with E-state index in [1.165, 1.54) is 6.07 Å². The van der Waals surface area contributed by atoms with E-state index in [1.807, 2.05) is 0 Å². The van der Waals surface area contributed by atoms with Crippen LogP contribution in [-0.2, 0) is 19.1 Å². The van der Waals surface area contributed by atoms with Crippen molar-refractivity contribution >= 4 is 29.7 Å². The van der Waals surface area contributed by atoms with Gasteiger partial charge in [-0.25, -0.2) is 14.4 Å². The van der Waals surface area contributed by atoms with Gasteiger partial charge in [0, 0.05) is 18.4 Å². The molecule has 1 aromatic carbocycles. The minimum Gasteiger partial charge on any atom is -0.480 e. The highest BCUT2D eigenvalue weighted by molar-refractivity contribution is 6.02. The van der Waals surface area contributed by atoms with Crippen LogP contribution >= 0.6 is 0 Å². The molecule has 0 radical (unpaired) electrons. The van der Waals surface area contributed by atoms with E-state index in [0.717, 1.165) is 116 Å². The predicted molar refractivity (Wildman–Crippen MR) is 251 cm³/mol. The number of hydrogen-bond acceptors (Lipinski definition) is 6. The van der Waals surface area contributed by atoms with Gasteiger partial charge in [0.15, 0.2) is 0 Å². The lowest BCUT2D eigenvalue weighted by Crippen LogP contribution is -2.65. The van der Waals surface area contributed by atoms with Crippen molar-refractivity contribution in [1.82, 2.24) is 10.6 Å². The summed E-state index contributed by atoms with van der Waals surface area (Å²) in [5, 5.41) is 25.2. The Hall–Kier alpha value is -3.69. The fourth-order valence-electron chi connectivity index (χ4n) is 14.5. The molecule has 64 heavy (non-hydrogen) atoms.